The van der Waals surface area contributed by atoms with Gasteiger partial charge in [-0.15, -0.1) is 11.3 Å². The Morgan fingerprint density at radius 3 is 2.93 bits per heavy atom. The quantitative estimate of drug-likeness (QED) is 0.648. The van der Waals surface area contributed by atoms with Crippen molar-refractivity contribution in [2.24, 2.45) is 0 Å². The maximum Gasteiger partial charge on any atom is 0.264 e. The third kappa shape index (κ3) is 4.12. The van der Waals surface area contributed by atoms with E-state index < -0.39 is 0 Å². The van der Waals surface area contributed by atoms with Gasteiger partial charge in [-0.3, -0.25) is 9.59 Å². The molecule has 1 aromatic carbocycles. The molecule has 6 nitrogen and oxygen atoms in total. The van der Waals surface area contributed by atoms with Gasteiger partial charge in [0, 0.05) is 13.2 Å². The molecule has 0 unspecified atom stereocenters. The first-order valence-corrected chi connectivity index (χ1v) is 10.4. The molecule has 8 heteroatoms. The van der Waals surface area contributed by atoms with Gasteiger partial charge in [0.05, 0.1) is 32.2 Å². The van der Waals surface area contributed by atoms with Crippen molar-refractivity contribution in [2.45, 2.75) is 25.5 Å². The predicted molar refractivity (Wildman–Crippen MR) is 108 cm³/mol. The molecule has 1 amide bonds. The van der Waals surface area contributed by atoms with Crippen molar-refractivity contribution < 1.29 is 9.53 Å². The van der Waals surface area contributed by atoms with Crippen molar-refractivity contribution in [2.75, 3.05) is 13.2 Å². The van der Waals surface area contributed by atoms with E-state index in [4.69, 9.17) is 4.74 Å². The lowest BCUT2D eigenvalue weighted by atomic mass is 10.2. The van der Waals surface area contributed by atoms with Crippen LogP contribution in [0.25, 0.3) is 10.9 Å². The predicted octanol–water partition coefficient (Wildman–Crippen LogP) is 3.57. The molecule has 3 aromatic rings. The van der Waals surface area contributed by atoms with Gasteiger partial charge < -0.3 is 14.6 Å². The van der Waals surface area contributed by atoms with Crippen LogP contribution in [0.15, 0.2) is 45.0 Å². The van der Waals surface area contributed by atoms with Crippen molar-refractivity contribution in [3.8, 4) is 0 Å². The summed E-state index contributed by atoms with van der Waals surface area (Å²) in [5.74, 6) is 0.387. The average Bonchev–Trinajstić information content (AvgIpc) is 3.32. The highest BCUT2D eigenvalue weighted by atomic mass is 79.9. The molecule has 1 fully saturated rings. The number of H-pyrrole nitrogens is 1. The van der Waals surface area contributed by atoms with Crippen molar-refractivity contribution in [3.63, 3.8) is 0 Å². The molecule has 1 aliphatic heterocycles. The van der Waals surface area contributed by atoms with Gasteiger partial charge in [0.1, 0.15) is 5.82 Å². The zero-order chi connectivity index (χ0) is 18.8. The van der Waals surface area contributed by atoms with Crippen LogP contribution in [-0.4, -0.2) is 40.0 Å². The number of benzene rings is 1. The Morgan fingerprint density at radius 1 is 1.33 bits per heavy atom. The molecule has 27 heavy (non-hydrogen) atoms. The summed E-state index contributed by atoms with van der Waals surface area (Å²) in [7, 11) is 0. The van der Waals surface area contributed by atoms with Crippen molar-refractivity contribution in [3.05, 3.63) is 61.2 Å². The zero-order valence-electron chi connectivity index (χ0n) is 14.5. The fraction of sp³-hybridized carbons (Fsp3) is 0.316. The van der Waals surface area contributed by atoms with Gasteiger partial charge in [-0.1, -0.05) is 12.1 Å². The van der Waals surface area contributed by atoms with Crippen molar-refractivity contribution >= 4 is 44.1 Å². The number of carbonyl (C=O) groups excluding carboxylic acids is 1. The number of nitrogens with one attached hydrogen (secondary N) is 1. The summed E-state index contributed by atoms with van der Waals surface area (Å²) in [4.78, 5) is 35.1. The second-order valence-corrected chi connectivity index (χ2v) is 8.92. The fourth-order valence-electron chi connectivity index (χ4n) is 3.23. The first-order chi connectivity index (χ1) is 13.1. The minimum absolute atomic E-state index is 0.0181. The highest BCUT2D eigenvalue weighted by Crippen LogP contribution is 2.25. The lowest BCUT2D eigenvalue weighted by Gasteiger charge is -2.24. The van der Waals surface area contributed by atoms with E-state index in [-0.39, 0.29) is 24.1 Å². The van der Waals surface area contributed by atoms with Gasteiger partial charge in [0.15, 0.2) is 0 Å². The van der Waals surface area contributed by atoms with E-state index in [1.807, 2.05) is 12.1 Å². The number of aromatic amines is 1. The fourth-order valence-corrected chi connectivity index (χ4v) is 4.58. The number of hydrogen-bond donors (Lipinski definition) is 1. The van der Waals surface area contributed by atoms with Gasteiger partial charge in [-0.2, -0.15) is 0 Å². The molecule has 3 heterocycles. The summed E-state index contributed by atoms with van der Waals surface area (Å²) in [5, 5.41) is 0.542. The summed E-state index contributed by atoms with van der Waals surface area (Å²) in [6.07, 6.45) is 1.95. The van der Waals surface area contributed by atoms with Crippen LogP contribution in [0.5, 0.6) is 0 Å². The Labute approximate surface area is 168 Å². The van der Waals surface area contributed by atoms with E-state index in [0.717, 1.165) is 23.2 Å². The van der Waals surface area contributed by atoms with Crippen LogP contribution in [0.1, 0.15) is 28.3 Å². The number of rotatable bonds is 5. The summed E-state index contributed by atoms with van der Waals surface area (Å²) >= 11 is 4.80. The van der Waals surface area contributed by atoms with Gasteiger partial charge in [-0.05, 0) is 53.0 Å². The molecule has 1 saturated heterocycles. The SMILES string of the molecule is O=C(c1ccc(Br)s1)N(Cc1nc2ccccc2c(=O)[nH]1)C[C@@H]1CCCO1. The van der Waals surface area contributed by atoms with E-state index >= 15 is 0 Å². The summed E-state index contributed by atoms with van der Waals surface area (Å²) in [6.45, 7) is 1.43. The molecule has 4 rings (SSSR count). The number of halogens is 1. The standard InChI is InChI=1S/C19H18BrN3O3S/c20-16-8-7-15(27-16)19(25)23(10-12-4-3-9-26-12)11-17-21-14-6-2-1-5-13(14)18(24)22-17/h1-2,5-8,12H,3-4,9-11H2,(H,21,22,24)/t12-/m0/s1. The van der Waals surface area contributed by atoms with Crippen LogP contribution in [0.3, 0.4) is 0 Å². The van der Waals surface area contributed by atoms with Crippen molar-refractivity contribution in [1.82, 2.24) is 14.9 Å². The Kier molecular flexibility index (Phi) is 5.38. The number of aromatic nitrogens is 2. The van der Waals surface area contributed by atoms with E-state index in [1.165, 1.54) is 11.3 Å². The van der Waals surface area contributed by atoms with Crippen LogP contribution < -0.4 is 5.56 Å². The number of carbonyl (C=O) groups is 1. The molecule has 1 atom stereocenters. The topological polar surface area (TPSA) is 75.3 Å². The second kappa shape index (κ2) is 7.92. The minimum atomic E-state index is -0.195. The molecular formula is C19H18BrN3O3S. The lowest BCUT2D eigenvalue weighted by molar-refractivity contribution is 0.0505. The number of nitrogens with zero attached hydrogens (tertiary/aromatic N) is 2. The van der Waals surface area contributed by atoms with Gasteiger partial charge >= 0.3 is 0 Å². The van der Waals surface area contributed by atoms with E-state index in [0.29, 0.717) is 28.1 Å². The Bertz CT molecular complexity index is 1030. The smallest absolute Gasteiger partial charge is 0.264 e. The first kappa shape index (κ1) is 18.3. The van der Waals surface area contributed by atoms with Gasteiger partial charge in [0.2, 0.25) is 0 Å². The van der Waals surface area contributed by atoms with Crippen LogP contribution in [0.2, 0.25) is 0 Å². The van der Waals surface area contributed by atoms with Crippen LogP contribution in [0.4, 0.5) is 0 Å². The van der Waals surface area contributed by atoms with Crippen LogP contribution in [-0.2, 0) is 11.3 Å². The summed E-state index contributed by atoms with van der Waals surface area (Å²) in [5.41, 5.74) is 0.429. The Hall–Kier alpha value is -2.03. The Morgan fingerprint density at radius 2 is 2.19 bits per heavy atom. The van der Waals surface area contributed by atoms with Gasteiger partial charge in [-0.25, -0.2) is 4.98 Å². The van der Waals surface area contributed by atoms with Gasteiger partial charge in [0.25, 0.3) is 11.5 Å². The highest BCUT2D eigenvalue weighted by Gasteiger charge is 2.25. The Balaban J connectivity index is 1.63. The maximum absolute atomic E-state index is 13.0. The summed E-state index contributed by atoms with van der Waals surface area (Å²) < 4.78 is 6.62. The van der Waals surface area contributed by atoms with Crippen LogP contribution in [0, 0.1) is 0 Å². The number of hydrogen-bond acceptors (Lipinski definition) is 5. The second-order valence-electron chi connectivity index (χ2n) is 6.45. The average molecular weight is 448 g/mol. The molecule has 0 spiro atoms. The maximum atomic E-state index is 13.0. The van der Waals surface area contributed by atoms with Crippen molar-refractivity contribution in [1.29, 1.82) is 0 Å². The monoisotopic (exact) mass is 447 g/mol. The van der Waals surface area contributed by atoms with E-state index in [9.17, 15) is 9.59 Å². The van der Waals surface area contributed by atoms with Crippen LogP contribution >= 0.6 is 27.3 Å². The normalized spacial score (nSPS) is 16.7. The number of para-hydroxylation sites is 1. The molecule has 2 aromatic heterocycles. The third-order valence-corrected chi connectivity index (χ3v) is 6.13. The number of amides is 1. The van der Waals surface area contributed by atoms with E-state index in [1.54, 1.807) is 29.2 Å². The number of ether oxygens (including phenoxy) is 1. The first-order valence-electron chi connectivity index (χ1n) is 8.74. The molecular weight excluding hydrogens is 430 g/mol. The largest absolute Gasteiger partial charge is 0.376 e. The molecule has 0 saturated carbocycles. The molecule has 0 aliphatic carbocycles. The number of fused-ring (bicyclic) bond motifs is 1. The van der Waals surface area contributed by atoms with E-state index in [2.05, 4.69) is 25.9 Å². The molecule has 1 aliphatic rings. The zero-order valence-corrected chi connectivity index (χ0v) is 16.9. The third-order valence-electron chi connectivity index (χ3n) is 4.52. The summed E-state index contributed by atoms with van der Waals surface area (Å²) in [6, 6.07) is 10.9. The molecule has 0 bridgehead atoms. The molecule has 1 N–H and O–H groups in total. The number of thiophene rings is 1. The lowest BCUT2D eigenvalue weighted by Crippen LogP contribution is -2.37. The molecule has 140 valence electrons. The highest BCUT2D eigenvalue weighted by molar-refractivity contribution is 9.11. The minimum Gasteiger partial charge on any atom is -0.376 e. The molecule has 0 radical (unpaired) electrons.